The molecular weight excluding hydrogens is 332 g/mol. The first-order chi connectivity index (χ1) is 12.5. The van der Waals surface area contributed by atoms with Crippen LogP contribution in [-0.4, -0.2) is 58.9 Å². The minimum Gasteiger partial charge on any atom is -0.466 e. The standard InChI is InChI=1S/C19H26N4O3/c1-13-6-4-5-7-14(13)17-16(18(24)26-3)15(20-19(25)21-17)12-23-10-8-22(2)9-11-23/h4-7,17H,8-12H2,1-3H3,(H2,20,21,25)/p+2/t17-/m0/s1. The number of hydrogen-bond acceptors (Lipinski definition) is 3. The number of piperazine rings is 1. The Balaban J connectivity index is 1.96. The van der Waals surface area contributed by atoms with Gasteiger partial charge in [0.1, 0.15) is 32.7 Å². The molecule has 140 valence electrons. The summed E-state index contributed by atoms with van der Waals surface area (Å²) in [6.07, 6.45) is 0. The van der Waals surface area contributed by atoms with Crippen molar-refractivity contribution in [3.8, 4) is 0 Å². The quantitative estimate of drug-likeness (QED) is 0.478. The van der Waals surface area contributed by atoms with Gasteiger partial charge in [0.25, 0.3) is 0 Å². The van der Waals surface area contributed by atoms with Gasteiger partial charge in [-0.15, -0.1) is 0 Å². The van der Waals surface area contributed by atoms with E-state index in [-0.39, 0.29) is 6.03 Å². The fraction of sp³-hybridized carbons (Fsp3) is 0.474. The Labute approximate surface area is 154 Å². The van der Waals surface area contributed by atoms with Crippen LogP contribution in [0.2, 0.25) is 0 Å². The molecule has 0 unspecified atom stereocenters. The Bertz CT molecular complexity index is 723. The van der Waals surface area contributed by atoms with Crippen molar-refractivity contribution >= 4 is 12.0 Å². The number of aryl methyl sites for hydroxylation is 1. The average molecular weight is 360 g/mol. The Hall–Kier alpha value is -2.38. The molecule has 2 aliphatic heterocycles. The molecule has 1 atom stereocenters. The van der Waals surface area contributed by atoms with Crippen molar-refractivity contribution in [2.24, 2.45) is 0 Å². The molecule has 1 aromatic rings. The highest BCUT2D eigenvalue weighted by Crippen LogP contribution is 2.29. The van der Waals surface area contributed by atoms with Gasteiger partial charge in [0, 0.05) is 0 Å². The van der Waals surface area contributed by atoms with Crippen LogP contribution in [0.4, 0.5) is 4.79 Å². The second kappa shape index (κ2) is 7.88. The zero-order chi connectivity index (χ0) is 18.7. The molecule has 0 saturated carbocycles. The summed E-state index contributed by atoms with van der Waals surface area (Å²) < 4.78 is 5.05. The maximum Gasteiger partial charge on any atom is 0.338 e. The molecule has 0 aromatic heterocycles. The van der Waals surface area contributed by atoms with Crippen LogP contribution in [-0.2, 0) is 9.53 Å². The number of benzene rings is 1. The number of likely N-dealkylation sites (N-methyl/N-ethyl adjacent to an activating group) is 1. The van der Waals surface area contributed by atoms with E-state index in [1.54, 1.807) is 0 Å². The van der Waals surface area contributed by atoms with Gasteiger partial charge in [0.15, 0.2) is 0 Å². The Kier molecular flexibility index (Phi) is 5.58. The number of methoxy groups -OCH3 is 1. The number of amides is 2. The first-order valence-electron chi connectivity index (χ1n) is 9.09. The fourth-order valence-electron chi connectivity index (χ4n) is 3.71. The van der Waals surface area contributed by atoms with E-state index in [0.29, 0.717) is 17.8 Å². The molecule has 1 saturated heterocycles. The number of nitrogens with one attached hydrogen (secondary N) is 4. The van der Waals surface area contributed by atoms with Crippen LogP contribution < -0.4 is 20.4 Å². The smallest absolute Gasteiger partial charge is 0.338 e. The van der Waals surface area contributed by atoms with Crippen molar-refractivity contribution < 1.29 is 24.1 Å². The van der Waals surface area contributed by atoms with Crippen molar-refractivity contribution in [3.63, 3.8) is 0 Å². The Morgan fingerprint density at radius 2 is 1.92 bits per heavy atom. The first kappa shape index (κ1) is 18.4. The molecule has 1 aromatic carbocycles. The van der Waals surface area contributed by atoms with Crippen LogP contribution in [0.3, 0.4) is 0 Å². The maximum absolute atomic E-state index is 12.6. The lowest BCUT2D eigenvalue weighted by molar-refractivity contribution is -1.00. The van der Waals surface area contributed by atoms with Crippen LogP contribution >= 0.6 is 0 Å². The molecule has 7 nitrogen and oxygen atoms in total. The minimum atomic E-state index is -0.495. The summed E-state index contributed by atoms with van der Waals surface area (Å²) >= 11 is 0. The number of hydrogen-bond donors (Lipinski definition) is 4. The molecule has 0 aliphatic carbocycles. The number of quaternary nitrogens is 2. The average Bonchev–Trinajstić information content (AvgIpc) is 2.63. The number of urea groups is 1. The lowest BCUT2D eigenvalue weighted by Crippen LogP contribution is -3.27. The summed E-state index contributed by atoms with van der Waals surface area (Å²) in [5.74, 6) is -0.403. The van der Waals surface area contributed by atoms with Crippen LogP contribution in [0.15, 0.2) is 35.5 Å². The summed E-state index contributed by atoms with van der Waals surface area (Å²) in [6.45, 7) is 6.80. The lowest BCUT2D eigenvalue weighted by Gasteiger charge is -2.33. The van der Waals surface area contributed by atoms with Crippen molar-refractivity contribution in [2.45, 2.75) is 13.0 Å². The fourth-order valence-corrected chi connectivity index (χ4v) is 3.71. The molecule has 1 fully saturated rings. The van der Waals surface area contributed by atoms with E-state index in [0.717, 1.165) is 37.3 Å². The maximum atomic E-state index is 12.6. The van der Waals surface area contributed by atoms with E-state index in [4.69, 9.17) is 4.74 Å². The second-order valence-corrected chi connectivity index (χ2v) is 7.16. The molecule has 26 heavy (non-hydrogen) atoms. The molecule has 7 heteroatoms. The van der Waals surface area contributed by atoms with Crippen LogP contribution in [0.25, 0.3) is 0 Å². The predicted octanol–water partition coefficient (Wildman–Crippen LogP) is -1.81. The van der Waals surface area contributed by atoms with Crippen molar-refractivity contribution in [3.05, 3.63) is 46.7 Å². The summed E-state index contributed by atoms with van der Waals surface area (Å²) in [7, 11) is 3.57. The molecule has 2 amide bonds. The van der Waals surface area contributed by atoms with Gasteiger partial charge in [-0.3, -0.25) is 0 Å². The molecule has 2 heterocycles. The van der Waals surface area contributed by atoms with E-state index in [9.17, 15) is 9.59 Å². The number of esters is 1. The largest absolute Gasteiger partial charge is 0.466 e. The first-order valence-corrected chi connectivity index (χ1v) is 9.09. The summed E-state index contributed by atoms with van der Waals surface area (Å²) in [5, 5.41) is 5.75. The number of carbonyl (C=O) groups excluding carboxylic acids is 2. The summed E-state index contributed by atoms with van der Waals surface area (Å²) in [6, 6.07) is 7.01. The van der Waals surface area contributed by atoms with Gasteiger partial charge in [-0.2, -0.15) is 0 Å². The number of ether oxygens (including phenoxy) is 1. The normalized spacial score (nSPS) is 26.1. The van der Waals surface area contributed by atoms with E-state index >= 15 is 0 Å². The SMILES string of the molecule is COC(=O)C1=C(C[NH+]2CC[NH+](C)CC2)NC(=O)N[C@H]1c1ccccc1C. The third-order valence-electron chi connectivity index (χ3n) is 5.30. The van der Waals surface area contributed by atoms with E-state index in [1.807, 2.05) is 31.2 Å². The summed E-state index contributed by atoms with van der Waals surface area (Å²) in [4.78, 5) is 27.8. The molecule has 0 radical (unpaired) electrons. The van der Waals surface area contributed by atoms with Crippen LogP contribution in [0.1, 0.15) is 17.2 Å². The number of carbonyl (C=O) groups is 2. The van der Waals surface area contributed by atoms with E-state index in [1.165, 1.54) is 16.9 Å². The highest BCUT2D eigenvalue weighted by atomic mass is 16.5. The number of rotatable bonds is 4. The molecule has 4 N–H and O–H groups in total. The topological polar surface area (TPSA) is 76.3 Å². The third-order valence-corrected chi connectivity index (χ3v) is 5.30. The van der Waals surface area contributed by atoms with Gasteiger partial charge in [-0.1, -0.05) is 24.3 Å². The van der Waals surface area contributed by atoms with Gasteiger partial charge < -0.3 is 25.2 Å². The van der Waals surface area contributed by atoms with Crippen molar-refractivity contribution in [1.29, 1.82) is 0 Å². The minimum absolute atomic E-state index is 0.278. The zero-order valence-corrected chi connectivity index (χ0v) is 15.6. The van der Waals surface area contributed by atoms with Crippen molar-refractivity contribution in [2.75, 3.05) is 46.9 Å². The zero-order valence-electron chi connectivity index (χ0n) is 15.6. The third kappa shape index (κ3) is 3.89. The van der Waals surface area contributed by atoms with E-state index in [2.05, 4.69) is 17.7 Å². The van der Waals surface area contributed by atoms with Gasteiger partial charge in [-0.25, -0.2) is 9.59 Å². The highest BCUT2D eigenvalue weighted by molar-refractivity contribution is 5.95. The Morgan fingerprint density at radius 3 is 2.58 bits per heavy atom. The lowest BCUT2D eigenvalue weighted by atomic mass is 9.92. The second-order valence-electron chi connectivity index (χ2n) is 7.16. The molecule has 3 rings (SSSR count). The van der Waals surface area contributed by atoms with Crippen LogP contribution in [0, 0.1) is 6.92 Å². The monoisotopic (exact) mass is 360 g/mol. The van der Waals surface area contributed by atoms with Crippen LogP contribution in [0.5, 0.6) is 0 Å². The Morgan fingerprint density at radius 1 is 1.23 bits per heavy atom. The molecule has 2 aliphatic rings. The van der Waals surface area contributed by atoms with Gasteiger partial charge in [0.05, 0.1) is 31.5 Å². The predicted molar refractivity (Wildman–Crippen MR) is 96.8 cm³/mol. The van der Waals surface area contributed by atoms with Gasteiger partial charge in [-0.05, 0) is 18.1 Å². The van der Waals surface area contributed by atoms with Gasteiger partial charge >= 0.3 is 12.0 Å². The summed E-state index contributed by atoms with van der Waals surface area (Å²) in [5.41, 5.74) is 3.11. The molecular formula is C19H28N4O3+2. The van der Waals surface area contributed by atoms with Crippen molar-refractivity contribution in [1.82, 2.24) is 10.6 Å². The van der Waals surface area contributed by atoms with Gasteiger partial charge in [0.2, 0.25) is 0 Å². The highest BCUT2D eigenvalue weighted by Gasteiger charge is 2.36. The molecule has 0 bridgehead atoms. The molecule has 0 spiro atoms. The van der Waals surface area contributed by atoms with E-state index < -0.39 is 12.0 Å².